The van der Waals surface area contributed by atoms with Crippen molar-refractivity contribution in [2.24, 2.45) is 0 Å². The Morgan fingerprint density at radius 2 is 1.14 bits per heavy atom. The van der Waals surface area contributed by atoms with Gasteiger partial charge in [0.1, 0.15) is 5.82 Å². The van der Waals surface area contributed by atoms with Crippen LogP contribution in [0.25, 0.3) is 106 Å². The van der Waals surface area contributed by atoms with E-state index in [0.29, 0.717) is 28.3 Å². The number of para-hydroxylation sites is 1. The summed E-state index contributed by atoms with van der Waals surface area (Å²) in [4.78, 5) is 4.92. The van der Waals surface area contributed by atoms with E-state index in [9.17, 15) is 2.74 Å². The molecule has 0 amide bonds. The second-order valence-corrected chi connectivity index (χ2v) is 28.0. The van der Waals surface area contributed by atoms with Gasteiger partial charge in [-0.15, -0.1) is 29.7 Å². The second-order valence-electron chi connectivity index (χ2n) is 28.0. The van der Waals surface area contributed by atoms with Crippen molar-refractivity contribution >= 4 is 32.8 Å². The molecule has 432 valence electrons. The van der Waals surface area contributed by atoms with E-state index >= 15 is 0 Å². The SMILES string of the molecule is [2H]c1c([2H])c([2H])c(-c2cc3c4c(c2)n(-c2[c-]c(Oc5[c-]c6c(cc5)c5ccccc5n6-c5cc(C(C)(C)C)ccn5)ccc2)[c-][n+]4-c2c(-c4ccc(C(C)(C)C)cc4)cc(C(C)(C)C)cc2-c2cc4c(cc2-c2ccccc2-3)C(C)(C)CCC4(C)C)c([2H])c1[2H].[Pt]. The normalized spacial score (nSPS) is 15.2. The standard InChI is InChI=1S/C80H74N4O.Pt/c1-76(2,3)53-32-30-51(31-33-53)63-42-55(78(7,8)9)43-67-65-48-69-68(79(10,11)37-38-80(69,12)13)47-64(65)59-26-17-18-27-60(59)66-40-52(50-22-15-14-16-23-50)41-72-75(66)83(74(63)67)49-82(72)56-24-21-25-57(45-56)85-58-34-35-62-61-28-19-20-29-70(61)84(71(62)46-58)73-44-54(36-39-81-73)77(4,5)6;/h14-36,39-44,47-48H,37-38H2,1-13H3;/q-2;/i14D,15D,16D,22D,23D;. The van der Waals surface area contributed by atoms with Crippen LogP contribution in [0.15, 0.2) is 188 Å². The van der Waals surface area contributed by atoms with Gasteiger partial charge in [0.05, 0.1) is 23.6 Å². The van der Waals surface area contributed by atoms with Crippen molar-refractivity contribution in [3.05, 3.63) is 234 Å². The predicted molar refractivity (Wildman–Crippen MR) is 352 cm³/mol. The van der Waals surface area contributed by atoms with Gasteiger partial charge in [-0.1, -0.05) is 217 Å². The number of aromatic nitrogens is 4. The van der Waals surface area contributed by atoms with Crippen LogP contribution in [0.4, 0.5) is 0 Å². The first kappa shape index (κ1) is 51.1. The molecule has 0 radical (unpaired) electrons. The van der Waals surface area contributed by atoms with Crippen LogP contribution in [0.1, 0.15) is 138 Å². The maximum atomic E-state index is 9.49. The Labute approximate surface area is 529 Å². The Morgan fingerprint density at radius 1 is 0.512 bits per heavy atom. The zero-order valence-corrected chi connectivity index (χ0v) is 53.7. The number of fused-ring (bicyclic) bond motifs is 11. The molecule has 12 aromatic rings. The molecule has 3 aromatic heterocycles. The molecule has 0 atom stereocenters. The first-order valence-corrected chi connectivity index (χ1v) is 29.9. The van der Waals surface area contributed by atoms with E-state index in [2.05, 4.69) is 233 Å². The minimum atomic E-state index is -0.447. The Morgan fingerprint density at radius 3 is 1.83 bits per heavy atom. The molecular weight excluding hydrogens is 1230 g/mol. The number of benzene rings is 9. The summed E-state index contributed by atoms with van der Waals surface area (Å²) >= 11 is 0. The fraction of sp³-hybridized carbons (Fsp3) is 0.250. The molecule has 0 unspecified atom stereocenters. The summed E-state index contributed by atoms with van der Waals surface area (Å²) in [6.07, 6.45) is 7.96. The average molecular weight is 1310 g/mol. The first-order chi connectivity index (χ1) is 42.6. The number of ether oxygens (including phenoxy) is 1. The van der Waals surface area contributed by atoms with E-state index in [-0.39, 0.29) is 65.8 Å². The predicted octanol–water partition coefficient (Wildman–Crippen LogP) is 20.5. The summed E-state index contributed by atoms with van der Waals surface area (Å²) in [6, 6.07) is 59.4. The van der Waals surface area contributed by atoms with Crippen LogP contribution in [-0.4, -0.2) is 14.1 Å². The van der Waals surface area contributed by atoms with Crippen LogP contribution in [0, 0.1) is 18.5 Å². The summed E-state index contributed by atoms with van der Waals surface area (Å²) in [7, 11) is 0. The molecule has 86 heavy (non-hydrogen) atoms. The van der Waals surface area contributed by atoms with Gasteiger partial charge < -0.3 is 13.9 Å². The quantitative estimate of drug-likeness (QED) is 0.123. The van der Waals surface area contributed by atoms with Crippen LogP contribution >= 0.6 is 0 Å². The van der Waals surface area contributed by atoms with E-state index in [1.807, 2.05) is 47.2 Å². The minimum Gasteiger partial charge on any atom is -0.510 e. The zero-order valence-electron chi connectivity index (χ0n) is 56.4. The molecule has 0 saturated carbocycles. The maximum Gasteiger partial charge on any atom is 0.268 e. The van der Waals surface area contributed by atoms with Gasteiger partial charge in [0.2, 0.25) is 0 Å². The summed E-state index contributed by atoms with van der Waals surface area (Å²) in [5, 5.41) is 2.10. The van der Waals surface area contributed by atoms with Gasteiger partial charge >= 0.3 is 0 Å². The zero-order chi connectivity index (χ0) is 63.5. The number of pyridine rings is 1. The number of rotatable bonds is 6. The Balaban J connectivity index is 0.00000758. The first-order valence-electron chi connectivity index (χ1n) is 32.4. The smallest absolute Gasteiger partial charge is 0.268 e. The third-order valence-corrected chi connectivity index (χ3v) is 18.2. The Hall–Kier alpha value is -8.11. The summed E-state index contributed by atoms with van der Waals surface area (Å²) in [5.41, 5.74) is 19.1. The van der Waals surface area contributed by atoms with Crippen LogP contribution < -0.4 is 9.30 Å². The van der Waals surface area contributed by atoms with Crippen LogP contribution in [0.3, 0.4) is 0 Å². The maximum absolute atomic E-state index is 9.49. The monoisotopic (exact) mass is 1310 g/mol. The molecule has 2 aliphatic rings. The summed E-state index contributed by atoms with van der Waals surface area (Å²) < 4.78 is 58.9. The van der Waals surface area contributed by atoms with Crippen molar-refractivity contribution in [3.8, 4) is 84.3 Å². The third-order valence-electron chi connectivity index (χ3n) is 18.2. The van der Waals surface area contributed by atoms with Crippen molar-refractivity contribution in [2.75, 3.05) is 0 Å². The van der Waals surface area contributed by atoms with Crippen LogP contribution in [-0.2, 0) is 48.1 Å². The molecule has 5 nitrogen and oxygen atoms in total. The molecule has 1 aliphatic heterocycles. The summed E-state index contributed by atoms with van der Waals surface area (Å²) in [5.74, 6) is 1.72. The molecule has 0 N–H and O–H groups in total. The molecular formula is C80H74N4OPt-2. The topological polar surface area (TPSA) is 35.9 Å². The van der Waals surface area contributed by atoms with Gasteiger partial charge in [0, 0.05) is 44.3 Å². The fourth-order valence-corrected chi connectivity index (χ4v) is 13.1. The molecule has 1 aliphatic carbocycles. The van der Waals surface area contributed by atoms with Crippen molar-refractivity contribution < 1.29 is 37.2 Å². The van der Waals surface area contributed by atoms with E-state index in [1.165, 1.54) is 27.8 Å². The van der Waals surface area contributed by atoms with Gasteiger partial charge in [-0.25, -0.2) is 4.98 Å². The van der Waals surface area contributed by atoms with E-state index in [4.69, 9.17) is 13.8 Å². The number of hydrogen-bond donors (Lipinski definition) is 0. The number of imidazole rings is 1. The van der Waals surface area contributed by atoms with Gasteiger partial charge in [-0.05, 0) is 165 Å². The van der Waals surface area contributed by atoms with Gasteiger partial charge in [-0.2, -0.15) is 18.2 Å². The Kier molecular flexibility index (Phi) is 12.2. The van der Waals surface area contributed by atoms with Gasteiger partial charge in [0.15, 0.2) is 0 Å². The van der Waals surface area contributed by atoms with Crippen molar-refractivity contribution in [1.29, 1.82) is 0 Å². The number of hydrogen-bond acceptors (Lipinski definition) is 2. The third kappa shape index (κ3) is 9.66. The van der Waals surface area contributed by atoms with Crippen molar-refractivity contribution in [3.63, 3.8) is 0 Å². The molecule has 9 aromatic carbocycles. The number of nitrogens with zero attached hydrogens (tertiary/aromatic N) is 4. The molecule has 14 rings (SSSR count). The van der Waals surface area contributed by atoms with E-state index < -0.39 is 18.1 Å². The summed E-state index contributed by atoms with van der Waals surface area (Å²) in [6.45, 7) is 29.8. The molecule has 0 fully saturated rings. The molecule has 0 saturated heterocycles. The minimum absolute atomic E-state index is 0. The van der Waals surface area contributed by atoms with Crippen molar-refractivity contribution in [1.82, 2.24) is 14.1 Å². The molecule has 4 heterocycles. The van der Waals surface area contributed by atoms with Crippen LogP contribution in [0.5, 0.6) is 11.5 Å². The van der Waals surface area contributed by atoms with Crippen molar-refractivity contribution in [2.45, 2.75) is 130 Å². The second kappa shape index (κ2) is 20.5. The van der Waals surface area contributed by atoms with Gasteiger partial charge in [-0.3, -0.25) is 4.57 Å². The van der Waals surface area contributed by atoms with E-state index in [0.717, 1.165) is 96.2 Å². The largest absolute Gasteiger partial charge is 0.510 e. The Bertz CT molecular complexity index is 4960. The molecule has 0 bridgehead atoms. The van der Waals surface area contributed by atoms with E-state index in [1.54, 1.807) is 0 Å². The van der Waals surface area contributed by atoms with Crippen LogP contribution in [0.2, 0.25) is 0 Å². The molecule has 0 spiro atoms. The average Bonchev–Trinajstić information content (AvgIpc) is 1.65. The molecule has 6 heteroatoms. The fourth-order valence-electron chi connectivity index (χ4n) is 13.1. The van der Waals surface area contributed by atoms with Gasteiger partial charge in [0.25, 0.3) is 6.33 Å².